The molecular weight excluding hydrogens is 460 g/mol. The van der Waals surface area contributed by atoms with Crippen LogP contribution in [0.4, 0.5) is 0 Å². The molecule has 3 atom stereocenters. The Morgan fingerprint density at radius 2 is 1.67 bits per heavy atom. The molecule has 4 N–H and O–H groups in total. The number of Topliss-reactive ketones (excluding diaryl/α,β-unsaturated/α-hetero) is 3. The second kappa shape index (κ2) is 7.65. The largest absolute Gasteiger partial charge is 0.508 e. The predicted octanol–water partition coefficient (Wildman–Crippen LogP) is 4.59. The SMILES string of the molecule is CC(=O)C1=C(O)[C@]2(O)C(=O)c3c(c(C)c4ccc(C(C)(C)C)c(O)c4c3O)C[C@]2(C)C(C(C)C)C1=O. The Balaban J connectivity index is 2.16. The molecule has 2 aromatic rings. The van der Waals surface area contributed by atoms with E-state index in [9.17, 15) is 34.8 Å². The zero-order valence-corrected chi connectivity index (χ0v) is 22.0. The Hall–Kier alpha value is -3.19. The summed E-state index contributed by atoms with van der Waals surface area (Å²) in [6.07, 6.45) is -0.00841. The van der Waals surface area contributed by atoms with Gasteiger partial charge in [-0.05, 0) is 48.1 Å². The van der Waals surface area contributed by atoms with Crippen molar-refractivity contribution in [2.45, 2.75) is 72.8 Å². The maximum atomic E-state index is 14.1. The van der Waals surface area contributed by atoms with Gasteiger partial charge in [-0.2, -0.15) is 0 Å². The van der Waals surface area contributed by atoms with E-state index in [0.717, 1.165) is 6.92 Å². The van der Waals surface area contributed by atoms with E-state index in [-0.39, 0.29) is 29.0 Å². The number of ketones is 3. The zero-order valence-electron chi connectivity index (χ0n) is 22.0. The van der Waals surface area contributed by atoms with Crippen LogP contribution >= 0.6 is 0 Å². The number of phenols is 2. The number of fused-ring (bicyclic) bond motifs is 3. The summed E-state index contributed by atoms with van der Waals surface area (Å²) < 4.78 is 0. The molecule has 0 saturated carbocycles. The lowest BCUT2D eigenvalue weighted by molar-refractivity contribution is -0.144. The summed E-state index contributed by atoms with van der Waals surface area (Å²) in [6.45, 7) is 13.7. The van der Waals surface area contributed by atoms with E-state index in [1.54, 1.807) is 39.8 Å². The highest BCUT2D eigenvalue weighted by atomic mass is 16.3. The van der Waals surface area contributed by atoms with Gasteiger partial charge in [-0.25, -0.2) is 0 Å². The molecule has 7 heteroatoms. The predicted molar refractivity (Wildman–Crippen MR) is 135 cm³/mol. The molecule has 36 heavy (non-hydrogen) atoms. The minimum atomic E-state index is -2.61. The van der Waals surface area contributed by atoms with Gasteiger partial charge in [-0.1, -0.05) is 53.7 Å². The first kappa shape index (κ1) is 25.9. The second-order valence-electron chi connectivity index (χ2n) is 12.0. The minimum absolute atomic E-state index is 0.00841. The van der Waals surface area contributed by atoms with Crippen molar-refractivity contribution in [2.24, 2.45) is 17.3 Å². The number of phenolic OH excluding ortho intramolecular Hbond substituents is 2. The number of aryl methyl sites for hydroxylation is 1. The van der Waals surface area contributed by atoms with Gasteiger partial charge in [0.25, 0.3) is 0 Å². The van der Waals surface area contributed by atoms with E-state index in [0.29, 0.717) is 22.1 Å². The highest BCUT2D eigenvalue weighted by Crippen LogP contribution is 2.59. The van der Waals surface area contributed by atoms with Crippen molar-refractivity contribution < 1.29 is 34.8 Å². The monoisotopic (exact) mass is 494 g/mol. The summed E-state index contributed by atoms with van der Waals surface area (Å²) in [4.78, 5) is 40.0. The Labute approximate surface area is 210 Å². The number of hydrogen-bond acceptors (Lipinski definition) is 7. The number of aromatic hydroxyl groups is 2. The fourth-order valence-corrected chi connectivity index (χ4v) is 6.60. The number of rotatable bonds is 2. The highest BCUT2D eigenvalue weighted by molar-refractivity contribution is 6.24. The summed E-state index contributed by atoms with van der Waals surface area (Å²) >= 11 is 0. The molecule has 2 aliphatic carbocycles. The smallest absolute Gasteiger partial charge is 0.206 e. The van der Waals surface area contributed by atoms with Crippen LogP contribution in [0.5, 0.6) is 11.5 Å². The van der Waals surface area contributed by atoms with E-state index in [1.165, 1.54) is 0 Å². The number of aliphatic hydroxyl groups is 2. The van der Waals surface area contributed by atoms with Crippen molar-refractivity contribution in [3.05, 3.63) is 45.7 Å². The third-order valence-corrected chi connectivity index (χ3v) is 8.36. The molecule has 4 rings (SSSR count). The molecule has 0 aliphatic heterocycles. The van der Waals surface area contributed by atoms with Gasteiger partial charge in [-0.15, -0.1) is 0 Å². The number of carbonyl (C=O) groups is 3. The summed E-state index contributed by atoms with van der Waals surface area (Å²) in [5.41, 5.74) is -3.71. The molecule has 192 valence electrons. The average Bonchev–Trinajstić information content (AvgIpc) is 2.73. The molecule has 0 aromatic heterocycles. The summed E-state index contributed by atoms with van der Waals surface area (Å²) in [5.74, 6) is -5.29. The van der Waals surface area contributed by atoms with Crippen molar-refractivity contribution in [1.82, 2.24) is 0 Å². The first-order valence-corrected chi connectivity index (χ1v) is 12.2. The van der Waals surface area contributed by atoms with Crippen LogP contribution in [0.1, 0.15) is 75.5 Å². The van der Waals surface area contributed by atoms with Crippen LogP contribution in [0.25, 0.3) is 10.8 Å². The molecule has 7 nitrogen and oxygen atoms in total. The number of carbonyl (C=O) groups excluding carboxylic acids is 3. The molecule has 2 aromatic carbocycles. The molecule has 0 amide bonds. The van der Waals surface area contributed by atoms with E-state index < -0.39 is 56.8 Å². The lowest BCUT2D eigenvalue weighted by atomic mass is 9.49. The fourth-order valence-electron chi connectivity index (χ4n) is 6.60. The fraction of sp³-hybridized carbons (Fsp3) is 0.483. The van der Waals surface area contributed by atoms with Crippen molar-refractivity contribution >= 4 is 28.1 Å². The number of allylic oxidation sites excluding steroid dienone is 1. The zero-order chi connectivity index (χ0) is 27.3. The Bertz CT molecular complexity index is 1410. The number of hydrogen-bond donors (Lipinski definition) is 4. The molecule has 0 saturated heterocycles. The van der Waals surface area contributed by atoms with Gasteiger partial charge in [-0.3, -0.25) is 14.4 Å². The van der Waals surface area contributed by atoms with Gasteiger partial charge in [0.2, 0.25) is 5.78 Å². The van der Waals surface area contributed by atoms with Gasteiger partial charge < -0.3 is 20.4 Å². The van der Waals surface area contributed by atoms with Gasteiger partial charge in [0.05, 0.1) is 10.9 Å². The maximum absolute atomic E-state index is 14.1. The van der Waals surface area contributed by atoms with Crippen LogP contribution in [0.15, 0.2) is 23.5 Å². The Kier molecular flexibility index (Phi) is 5.50. The van der Waals surface area contributed by atoms with Crippen molar-refractivity contribution in [1.29, 1.82) is 0 Å². The first-order chi connectivity index (χ1) is 16.4. The molecule has 0 bridgehead atoms. The van der Waals surface area contributed by atoms with Gasteiger partial charge in [0.15, 0.2) is 17.2 Å². The van der Waals surface area contributed by atoms with Crippen molar-refractivity contribution in [2.75, 3.05) is 0 Å². The molecule has 0 heterocycles. The molecule has 0 spiro atoms. The summed E-state index contributed by atoms with van der Waals surface area (Å²) in [6, 6.07) is 3.57. The van der Waals surface area contributed by atoms with Crippen LogP contribution in [-0.4, -0.2) is 43.4 Å². The lowest BCUT2D eigenvalue weighted by Gasteiger charge is -2.54. The Morgan fingerprint density at radius 3 is 2.17 bits per heavy atom. The molecule has 2 aliphatic rings. The van der Waals surface area contributed by atoms with Crippen LogP contribution in [0.2, 0.25) is 0 Å². The minimum Gasteiger partial charge on any atom is -0.508 e. The third-order valence-electron chi connectivity index (χ3n) is 8.36. The van der Waals surface area contributed by atoms with Gasteiger partial charge >= 0.3 is 0 Å². The van der Waals surface area contributed by atoms with E-state index in [4.69, 9.17) is 0 Å². The van der Waals surface area contributed by atoms with Crippen LogP contribution in [-0.2, 0) is 21.4 Å². The average molecular weight is 495 g/mol. The Morgan fingerprint density at radius 1 is 1.08 bits per heavy atom. The standard InChI is InChI=1S/C29H34O7/c1-12(2)21-24(33)18(14(4)30)25(34)29(36)26(35)20-16(11-28(21,29)8)13(3)15-9-10-17(27(5,6)7)22(31)19(15)23(20)32/h9-10,12,21,31-32,34,36H,11H2,1-8H3/t21?,28-,29+/m1/s1. The van der Waals surface area contributed by atoms with Crippen molar-refractivity contribution in [3.63, 3.8) is 0 Å². The van der Waals surface area contributed by atoms with Crippen LogP contribution < -0.4 is 0 Å². The van der Waals surface area contributed by atoms with E-state index in [2.05, 4.69) is 0 Å². The first-order valence-electron chi connectivity index (χ1n) is 12.2. The van der Waals surface area contributed by atoms with Gasteiger partial charge in [0.1, 0.15) is 22.8 Å². The quantitative estimate of drug-likeness (QED) is 0.449. The molecule has 0 fully saturated rings. The molecular formula is C29H34O7. The van der Waals surface area contributed by atoms with Crippen LogP contribution in [0, 0.1) is 24.2 Å². The number of aliphatic hydroxyl groups excluding tert-OH is 1. The van der Waals surface area contributed by atoms with E-state index in [1.807, 2.05) is 20.8 Å². The molecule has 1 unspecified atom stereocenters. The van der Waals surface area contributed by atoms with Gasteiger partial charge in [0, 0.05) is 16.9 Å². The third kappa shape index (κ3) is 2.98. The van der Waals surface area contributed by atoms with Crippen molar-refractivity contribution in [3.8, 4) is 11.5 Å². The second-order valence-corrected chi connectivity index (χ2v) is 12.0. The highest BCUT2D eigenvalue weighted by Gasteiger charge is 2.68. The maximum Gasteiger partial charge on any atom is 0.206 e. The molecule has 0 radical (unpaired) electrons. The van der Waals surface area contributed by atoms with E-state index >= 15 is 0 Å². The number of benzene rings is 2. The van der Waals surface area contributed by atoms with Crippen LogP contribution in [0.3, 0.4) is 0 Å². The summed E-state index contributed by atoms with van der Waals surface area (Å²) in [7, 11) is 0. The topological polar surface area (TPSA) is 132 Å². The lowest BCUT2D eigenvalue weighted by Crippen LogP contribution is -2.66. The normalized spacial score (nSPS) is 26.4. The summed E-state index contributed by atoms with van der Waals surface area (Å²) in [5, 5.41) is 46.3.